The minimum Gasteiger partial charge on any atom is -0.423 e. The van der Waals surface area contributed by atoms with Crippen LogP contribution in [0.1, 0.15) is 12.8 Å². The fourth-order valence-corrected chi connectivity index (χ4v) is 2.97. The zero-order chi connectivity index (χ0) is 17.4. The highest BCUT2D eigenvalue weighted by Gasteiger charge is 2.34. The van der Waals surface area contributed by atoms with E-state index in [2.05, 4.69) is 20.3 Å². The van der Waals surface area contributed by atoms with Gasteiger partial charge in [-0.15, -0.1) is 0 Å². The highest BCUT2D eigenvalue weighted by atomic mass is 16.4. The lowest BCUT2D eigenvalue weighted by Gasteiger charge is -2.21. The highest BCUT2D eigenvalue weighted by Crippen LogP contribution is 2.28. The normalized spacial score (nSPS) is 17.1. The van der Waals surface area contributed by atoms with E-state index >= 15 is 0 Å². The molecule has 1 aromatic carbocycles. The first kappa shape index (κ1) is 15.2. The molecule has 3 heterocycles. The number of hydrogen-bond acceptors (Lipinski definition) is 6. The molecule has 0 aliphatic carbocycles. The molecule has 1 atom stereocenters. The number of amides is 1. The van der Waals surface area contributed by atoms with Crippen LogP contribution in [0.2, 0.25) is 0 Å². The summed E-state index contributed by atoms with van der Waals surface area (Å²) in [5, 5.41) is 2.55. The van der Waals surface area contributed by atoms with Gasteiger partial charge in [0.05, 0.1) is 0 Å². The Morgan fingerprint density at radius 2 is 2.16 bits per heavy atom. The summed E-state index contributed by atoms with van der Waals surface area (Å²) in [7, 11) is 0. The Balaban J connectivity index is 1.59. The zero-order valence-corrected chi connectivity index (χ0v) is 13.1. The number of aromatic amines is 2. The molecule has 1 aliphatic heterocycles. The van der Waals surface area contributed by atoms with E-state index in [1.807, 2.05) is 24.3 Å². The molecule has 9 heteroatoms. The third-order valence-corrected chi connectivity index (χ3v) is 4.16. The van der Waals surface area contributed by atoms with Gasteiger partial charge in [0.25, 0.3) is 11.6 Å². The molecule has 2 aromatic heterocycles. The smallest absolute Gasteiger partial charge is 0.325 e. The molecule has 9 nitrogen and oxygen atoms in total. The van der Waals surface area contributed by atoms with Crippen LogP contribution in [0.3, 0.4) is 0 Å². The van der Waals surface area contributed by atoms with Crippen molar-refractivity contribution in [3.8, 4) is 0 Å². The molecule has 128 valence electrons. The Bertz CT molecular complexity index is 1020. The van der Waals surface area contributed by atoms with Crippen molar-refractivity contribution in [2.75, 3.05) is 16.8 Å². The van der Waals surface area contributed by atoms with Gasteiger partial charge in [-0.05, 0) is 25.0 Å². The summed E-state index contributed by atoms with van der Waals surface area (Å²) in [4.78, 5) is 46.0. The second-order valence-electron chi connectivity index (χ2n) is 5.79. The second kappa shape index (κ2) is 5.93. The summed E-state index contributed by atoms with van der Waals surface area (Å²) in [6.07, 6.45) is 2.60. The van der Waals surface area contributed by atoms with E-state index in [1.54, 1.807) is 4.90 Å². The standard InChI is InChI=1S/C16H15N5O4/c22-13-10(8-17-15(24)20-13)18-14(23)11-5-3-7-21(11)16-19-9-4-1-2-6-12(9)25-16/h1-2,4,6,8,11H,3,5,7H2,(H,18,23)(H2,17,20,22,24)/t11-/m0/s1. The van der Waals surface area contributed by atoms with Crippen molar-refractivity contribution in [2.45, 2.75) is 18.9 Å². The number of fused-ring (bicyclic) bond motifs is 1. The summed E-state index contributed by atoms with van der Waals surface area (Å²) in [5.74, 6) is -0.350. The van der Waals surface area contributed by atoms with Crippen LogP contribution in [-0.4, -0.2) is 33.4 Å². The summed E-state index contributed by atoms with van der Waals surface area (Å²) in [5.41, 5.74) is 0.0933. The van der Waals surface area contributed by atoms with Crippen LogP contribution in [0, 0.1) is 0 Å². The van der Waals surface area contributed by atoms with Gasteiger partial charge in [0.2, 0.25) is 5.91 Å². The monoisotopic (exact) mass is 341 g/mol. The molecule has 3 N–H and O–H groups in total. The van der Waals surface area contributed by atoms with Crippen molar-refractivity contribution in [1.82, 2.24) is 15.0 Å². The molecule has 0 spiro atoms. The van der Waals surface area contributed by atoms with Crippen molar-refractivity contribution >= 4 is 28.7 Å². The van der Waals surface area contributed by atoms with Gasteiger partial charge in [-0.2, -0.15) is 4.98 Å². The third kappa shape index (κ3) is 2.80. The van der Waals surface area contributed by atoms with Gasteiger partial charge in [0, 0.05) is 12.7 Å². The number of anilines is 2. The Hall–Kier alpha value is -3.36. The summed E-state index contributed by atoms with van der Waals surface area (Å²) in [6, 6.07) is 7.26. The number of carbonyl (C=O) groups is 1. The molecule has 0 radical (unpaired) electrons. The number of para-hydroxylation sites is 2. The molecule has 0 bridgehead atoms. The van der Waals surface area contributed by atoms with Crippen LogP contribution < -0.4 is 21.5 Å². The molecule has 1 amide bonds. The summed E-state index contributed by atoms with van der Waals surface area (Å²) in [6.45, 7) is 0.632. The second-order valence-corrected chi connectivity index (χ2v) is 5.79. The fourth-order valence-electron chi connectivity index (χ4n) is 2.97. The van der Waals surface area contributed by atoms with Gasteiger partial charge < -0.3 is 19.6 Å². The van der Waals surface area contributed by atoms with Crippen molar-refractivity contribution < 1.29 is 9.21 Å². The van der Waals surface area contributed by atoms with Crippen LogP contribution in [0.5, 0.6) is 0 Å². The number of nitrogens with one attached hydrogen (secondary N) is 3. The largest absolute Gasteiger partial charge is 0.423 e. The number of oxazole rings is 1. The average molecular weight is 341 g/mol. The van der Waals surface area contributed by atoms with Gasteiger partial charge in [-0.1, -0.05) is 12.1 Å². The molecule has 1 aliphatic rings. The number of nitrogens with zero attached hydrogens (tertiary/aromatic N) is 2. The Morgan fingerprint density at radius 3 is 2.96 bits per heavy atom. The molecule has 25 heavy (non-hydrogen) atoms. The third-order valence-electron chi connectivity index (χ3n) is 4.16. The lowest BCUT2D eigenvalue weighted by molar-refractivity contribution is -0.117. The maximum Gasteiger partial charge on any atom is 0.325 e. The number of benzene rings is 1. The summed E-state index contributed by atoms with van der Waals surface area (Å²) >= 11 is 0. The average Bonchev–Trinajstić information content (AvgIpc) is 3.23. The molecular formula is C16H15N5O4. The van der Waals surface area contributed by atoms with Crippen LogP contribution in [0.15, 0.2) is 44.5 Å². The van der Waals surface area contributed by atoms with Crippen LogP contribution >= 0.6 is 0 Å². The van der Waals surface area contributed by atoms with E-state index in [0.29, 0.717) is 24.6 Å². The molecule has 0 saturated carbocycles. The fraction of sp³-hybridized carbons (Fsp3) is 0.250. The van der Waals surface area contributed by atoms with Gasteiger partial charge >= 0.3 is 5.69 Å². The van der Waals surface area contributed by atoms with E-state index in [1.165, 1.54) is 6.20 Å². The van der Waals surface area contributed by atoms with E-state index < -0.39 is 17.3 Å². The number of carbonyl (C=O) groups excluding carboxylic acids is 1. The van der Waals surface area contributed by atoms with Crippen LogP contribution in [0.4, 0.5) is 11.7 Å². The molecule has 3 aromatic rings. The lowest BCUT2D eigenvalue weighted by atomic mass is 10.2. The zero-order valence-electron chi connectivity index (χ0n) is 13.1. The number of hydrogen-bond donors (Lipinski definition) is 3. The van der Waals surface area contributed by atoms with Crippen molar-refractivity contribution in [1.29, 1.82) is 0 Å². The number of aromatic nitrogens is 3. The first-order chi connectivity index (χ1) is 12.1. The number of H-pyrrole nitrogens is 2. The van der Waals surface area contributed by atoms with Crippen molar-refractivity contribution in [3.05, 3.63) is 51.3 Å². The first-order valence-electron chi connectivity index (χ1n) is 7.87. The Morgan fingerprint density at radius 1 is 1.32 bits per heavy atom. The maximum absolute atomic E-state index is 12.6. The van der Waals surface area contributed by atoms with Crippen LogP contribution in [0.25, 0.3) is 11.1 Å². The van der Waals surface area contributed by atoms with E-state index in [0.717, 1.165) is 11.9 Å². The minimum absolute atomic E-state index is 0.00554. The van der Waals surface area contributed by atoms with Gasteiger partial charge in [0.1, 0.15) is 17.2 Å². The van der Waals surface area contributed by atoms with Gasteiger partial charge in [0.15, 0.2) is 5.58 Å². The topological polar surface area (TPSA) is 124 Å². The van der Waals surface area contributed by atoms with Gasteiger partial charge in [-0.25, -0.2) is 4.79 Å². The predicted molar refractivity (Wildman–Crippen MR) is 90.7 cm³/mol. The quantitative estimate of drug-likeness (QED) is 0.648. The van der Waals surface area contributed by atoms with E-state index in [-0.39, 0.29) is 11.6 Å². The highest BCUT2D eigenvalue weighted by molar-refractivity contribution is 5.96. The molecule has 1 fully saturated rings. The number of rotatable bonds is 3. The van der Waals surface area contributed by atoms with Crippen LogP contribution in [-0.2, 0) is 4.79 Å². The van der Waals surface area contributed by atoms with Crippen molar-refractivity contribution in [2.24, 2.45) is 0 Å². The minimum atomic E-state index is -0.650. The maximum atomic E-state index is 12.6. The van der Waals surface area contributed by atoms with Crippen molar-refractivity contribution in [3.63, 3.8) is 0 Å². The lowest BCUT2D eigenvalue weighted by Crippen LogP contribution is -2.41. The molecule has 0 unspecified atom stereocenters. The molecule has 4 rings (SSSR count). The Labute approximate surface area is 140 Å². The first-order valence-corrected chi connectivity index (χ1v) is 7.87. The predicted octanol–water partition coefficient (Wildman–Crippen LogP) is 0.812. The van der Waals surface area contributed by atoms with Gasteiger partial charge in [-0.3, -0.25) is 14.6 Å². The SMILES string of the molecule is O=C(Nc1c[nH]c(=O)[nH]c1=O)[C@@H]1CCCN1c1nc2ccccc2o1. The van der Waals surface area contributed by atoms with E-state index in [9.17, 15) is 14.4 Å². The van der Waals surface area contributed by atoms with E-state index in [4.69, 9.17) is 4.42 Å². The Kier molecular flexibility index (Phi) is 3.60. The molecule has 1 saturated heterocycles. The summed E-state index contributed by atoms with van der Waals surface area (Å²) < 4.78 is 5.74. The molecular weight excluding hydrogens is 326 g/mol.